The molecule has 27 rings (SSSR count). The van der Waals surface area contributed by atoms with Gasteiger partial charge in [0, 0.05) is 110 Å². The molecule has 600 valence electrons. The molecular weight excluding hydrogens is 1570 g/mol. The summed E-state index contributed by atoms with van der Waals surface area (Å²) in [7, 11) is -2.87. The zero-order valence-electron chi connectivity index (χ0n) is 69.8. The van der Waals surface area contributed by atoms with Gasteiger partial charge >= 0.3 is 0 Å². The lowest BCUT2D eigenvalue weighted by Crippen LogP contribution is -2.74. The molecular formula is C120H80N6OSi. The van der Waals surface area contributed by atoms with Crippen LogP contribution in [0.15, 0.2) is 490 Å². The van der Waals surface area contributed by atoms with Gasteiger partial charge in [-0.15, -0.1) is 0 Å². The summed E-state index contributed by atoms with van der Waals surface area (Å²) in [5.41, 5.74) is 25.9. The Labute approximate surface area is 738 Å². The molecule has 0 amide bonds. The maximum Gasteiger partial charge on any atom is 0.179 e. The summed E-state index contributed by atoms with van der Waals surface area (Å²) in [6.45, 7) is 0. The summed E-state index contributed by atoms with van der Waals surface area (Å²) in [5, 5.41) is 23.0. The van der Waals surface area contributed by atoms with E-state index in [1.807, 2.05) is 12.1 Å². The maximum atomic E-state index is 6.12. The van der Waals surface area contributed by atoms with Crippen LogP contribution in [0, 0.1) is 0 Å². The second kappa shape index (κ2) is 30.3. The standard InChI is InChI=1S/C48H34N2Si.C36H22N2O.C36H24N2/c1-5-17-35(18-6-1)49-45-27-15-13-25-41(45)43-33-39(29-31-47(43)49)51(37-21-9-3-10-22-37,38-23-11-4-12-24-38)40-30-32-48-44(34-40)42-26-14-16-28-46(42)50(48)36-19-7-2-8-20-36;1-5-13-31-25(9-1)26-10-2-6-14-32(26)37(31)23-17-19-34-29(21-23)27-11-3-7-15-33(27)38(34)24-18-20-36-30(22-24)28-12-4-8-16-35(28)39-36;1-3-11-27(12-4-1)37-33-17-9-7-15-29(33)31-23-25(19-21-35(31)37)26-20-22-36-32(24-26)30-16-8-10-18-34(30)38(36)28-13-5-2-6-14-28/h1-34H;1-22H;1-24H. The molecule has 128 heavy (non-hydrogen) atoms. The van der Waals surface area contributed by atoms with Gasteiger partial charge in [0.25, 0.3) is 0 Å². The number of fused-ring (bicyclic) bond motifs is 21. The van der Waals surface area contributed by atoms with Crippen molar-refractivity contribution in [1.29, 1.82) is 0 Å². The van der Waals surface area contributed by atoms with E-state index in [0.29, 0.717) is 0 Å². The van der Waals surface area contributed by atoms with Crippen molar-refractivity contribution >= 4 is 182 Å². The van der Waals surface area contributed by atoms with Crippen molar-refractivity contribution in [2.24, 2.45) is 0 Å². The summed E-state index contributed by atoms with van der Waals surface area (Å²) in [5.74, 6) is 0. The Morgan fingerprint density at radius 1 is 0.133 bits per heavy atom. The first kappa shape index (κ1) is 73.9. The maximum absolute atomic E-state index is 6.12. The number of aromatic nitrogens is 6. The molecule has 0 spiro atoms. The zero-order valence-corrected chi connectivity index (χ0v) is 70.8. The molecule has 0 aliphatic heterocycles. The van der Waals surface area contributed by atoms with Crippen molar-refractivity contribution in [1.82, 2.24) is 27.4 Å². The van der Waals surface area contributed by atoms with Gasteiger partial charge in [-0.05, 0) is 202 Å². The van der Waals surface area contributed by atoms with Crippen molar-refractivity contribution in [3.63, 3.8) is 0 Å². The molecule has 0 aliphatic carbocycles. The van der Waals surface area contributed by atoms with Crippen LogP contribution in [0.1, 0.15) is 0 Å². The third-order valence-electron chi connectivity index (χ3n) is 26.5. The van der Waals surface area contributed by atoms with E-state index in [0.717, 1.165) is 27.6 Å². The molecule has 7 nitrogen and oxygen atoms in total. The number of rotatable bonds is 11. The van der Waals surface area contributed by atoms with E-state index < -0.39 is 8.07 Å². The van der Waals surface area contributed by atoms with Crippen LogP contribution in [0.3, 0.4) is 0 Å². The minimum atomic E-state index is -2.87. The first-order chi connectivity index (χ1) is 63.5. The quantitative estimate of drug-likeness (QED) is 0.0940. The molecule has 0 radical (unpaired) electrons. The van der Waals surface area contributed by atoms with Gasteiger partial charge in [-0.2, -0.15) is 0 Å². The topological polar surface area (TPSA) is 42.7 Å². The summed E-state index contributed by atoms with van der Waals surface area (Å²) in [6, 6.07) is 176. The van der Waals surface area contributed by atoms with E-state index in [4.69, 9.17) is 4.42 Å². The van der Waals surface area contributed by atoms with Crippen LogP contribution in [0.4, 0.5) is 0 Å². The summed E-state index contributed by atoms with van der Waals surface area (Å²) in [6.07, 6.45) is 0. The van der Waals surface area contributed by atoms with Crippen molar-refractivity contribution in [2.45, 2.75) is 0 Å². The fourth-order valence-electron chi connectivity index (χ4n) is 20.9. The second-order valence-electron chi connectivity index (χ2n) is 33.4. The van der Waals surface area contributed by atoms with Crippen molar-refractivity contribution in [3.8, 4) is 45.3 Å². The minimum absolute atomic E-state index is 0.911. The molecule has 20 aromatic carbocycles. The third kappa shape index (κ3) is 11.8. The van der Waals surface area contributed by atoms with Crippen molar-refractivity contribution in [3.05, 3.63) is 485 Å². The number of para-hydroxylation sites is 12. The molecule has 0 unspecified atom stereocenters. The van der Waals surface area contributed by atoms with Crippen LogP contribution in [-0.2, 0) is 0 Å². The lowest BCUT2D eigenvalue weighted by molar-refractivity contribution is 0.669. The Balaban J connectivity index is 0.000000106. The molecule has 8 heteroatoms. The molecule has 0 bridgehead atoms. The van der Waals surface area contributed by atoms with Crippen LogP contribution in [0.5, 0.6) is 0 Å². The monoisotopic (exact) mass is 1650 g/mol. The highest BCUT2D eigenvalue weighted by Gasteiger charge is 2.42. The first-order valence-electron chi connectivity index (χ1n) is 43.9. The van der Waals surface area contributed by atoms with Gasteiger partial charge in [0.15, 0.2) is 8.07 Å². The van der Waals surface area contributed by atoms with Gasteiger partial charge in [0.2, 0.25) is 0 Å². The molecule has 0 fully saturated rings. The summed E-state index contributed by atoms with van der Waals surface area (Å²) in [4.78, 5) is 0. The number of benzene rings is 20. The highest BCUT2D eigenvalue weighted by molar-refractivity contribution is 7.20. The van der Waals surface area contributed by atoms with E-state index in [1.165, 1.54) is 191 Å². The van der Waals surface area contributed by atoms with Crippen LogP contribution < -0.4 is 20.7 Å². The first-order valence-corrected chi connectivity index (χ1v) is 45.9. The van der Waals surface area contributed by atoms with Gasteiger partial charge in [-0.25, -0.2) is 0 Å². The number of furan rings is 1. The van der Waals surface area contributed by atoms with E-state index in [9.17, 15) is 0 Å². The fraction of sp³-hybridized carbons (Fsp3) is 0. The molecule has 0 saturated carbocycles. The molecule has 7 heterocycles. The molecule has 27 aromatic rings. The number of nitrogens with zero attached hydrogens (tertiary/aromatic N) is 6. The third-order valence-corrected chi connectivity index (χ3v) is 31.2. The van der Waals surface area contributed by atoms with E-state index in [-0.39, 0.29) is 0 Å². The van der Waals surface area contributed by atoms with Gasteiger partial charge in [-0.1, -0.05) is 315 Å². The average molecular weight is 1650 g/mol. The van der Waals surface area contributed by atoms with E-state index in [2.05, 4.69) is 501 Å². The van der Waals surface area contributed by atoms with Gasteiger partial charge < -0.3 is 31.8 Å². The Bertz CT molecular complexity index is 8600. The lowest BCUT2D eigenvalue weighted by Gasteiger charge is -2.34. The molecule has 0 aliphatic rings. The highest BCUT2D eigenvalue weighted by Crippen LogP contribution is 2.43. The second-order valence-corrected chi connectivity index (χ2v) is 37.2. The van der Waals surface area contributed by atoms with Gasteiger partial charge in [0.05, 0.1) is 66.2 Å². The van der Waals surface area contributed by atoms with Gasteiger partial charge in [-0.3, -0.25) is 0 Å². The highest BCUT2D eigenvalue weighted by atomic mass is 28.3. The Hall–Kier alpha value is -16.8. The molecule has 0 atom stereocenters. The van der Waals surface area contributed by atoms with E-state index >= 15 is 0 Å². The normalized spacial score (nSPS) is 11.9. The lowest BCUT2D eigenvalue weighted by atomic mass is 10.0. The summed E-state index contributed by atoms with van der Waals surface area (Å²) < 4.78 is 20.4. The minimum Gasteiger partial charge on any atom is -0.456 e. The number of hydrogen-bond acceptors (Lipinski definition) is 1. The van der Waals surface area contributed by atoms with Crippen LogP contribution in [0.25, 0.3) is 198 Å². The molecule has 7 aromatic heterocycles. The van der Waals surface area contributed by atoms with Crippen LogP contribution >= 0.6 is 0 Å². The smallest absolute Gasteiger partial charge is 0.179 e. The predicted molar refractivity (Wildman–Crippen MR) is 542 cm³/mol. The largest absolute Gasteiger partial charge is 0.456 e. The Morgan fingerprint density at radius 3 is 0.703 bits per heavy atom. The van der Waals surface area contributed by atoms with Crippen molar-refractivity contribution in [2.75, 3.05) is 0 Å². The van der Waals surface area contributed by atoms with Gasteiger partial charge in [0.1, 0.15) is 11.2 Å². The Kier molecular flexibility index (Phi) is 17.5. The molecule has 0 saturated heterocycles. The van der Waals surface area contributed by atoms with Crippen LogP contribution in [0.2, 0.25) is 0 Å². The fourth-order valence-corrected chi connectivity index (χ4v) is 25.7. The zero-order chi connectivity index (χ0) is 84.3. The van der Waals surface area contributed by atoms with Crippen molar-refractivity contribution < 1.29 is 4.42 Å². The van der Waals surface area contributed by atoms with Crippen LogP contribution in [-0.4, -0.2) is 35.5 Å². The summed E-state index contributed by atoms with van der Waals surface area (Å²) >= 11 is 0. The average Bonchev–Trinajstić information content (AvgIpc) is 1.34. The number of hydrogen-bond donors (Lipinski definition) is 0. The molecule has 0 N–H and O–H groups in total. The van der Waals surface area contributed by atoms with E-state index in [1.54, 1.807) is 0 Å². The predicted octanol–water partition coefficient (Wildman–Crippen LogP) is 28.6. The Morgan fingerprint density at radius 2 is 0.359 bits per heavy atom. The SMILES string of the molecule is c1ccc(-n2c3ccccc3c3cc(-c4ccc5c(c4)c4ccccc4n5-c4ccccc4)ccc32)cc1.c1ccc(-n2c3ccccc3c3cc([Si](c4ccccc4)(c4ccccc4)c4ccc5c(c4)c4ccccc4n5-c4ccccc4)ccc32)cc1.c1ccc2c(c1)oc1ccc(-n3c4ccccc4c4cc(-n5c6ccccc6c6ccccc65)ccc43)cc12.